The minimum Gasteiger partial charge on any atom is -0.394 e. The van der Waals surface area contributed by atoms with Crippen LogP contribution in [0.5, 0.6) is 0 Å². The number of pyridine rings is 1. The second-order valence-corrected chi connectivity index (χ2v) is 5.41. The molecule has 0 saturated heterocycles. The van der Waals surface area contributed by atoms with Crippen molar-refractivity contribution in [2.45, 2.75) is 18.3 Å². The summed E-state index contributed by atoms with van der Waals surface area (Å²) in [4.78, 5) is 0. The molecular weight excluding hydrogens is 310 g/mol. The molecule has 0 fully saturated rings. The lowest BCUT2D eigenvalue weighted by Gasteiger charge is -2.20. The number of aliphatic hydroxyl groups is 4. The van der Waals surface area contributed by atoms with Crippen LogP contribution in [0.15, 0.2) is 30.3 Å². The molecule has 2 heterocycles. The summed E-state index contributed by atoms with van der Waals surface area (Å²) in [6.45, 7) is -0.675. The normalized spacial score (nSPS) is 16.0. The van der Waals surface area contributed by atoms with E-state index in [0.717, 1.165) is 5.39 Å². The lowest BCUT2D eigenvalue weighted by molar-refractivity contribution is -0.0805. The van der Waals surface area contributed by atoms with Crippen molar-refractivity contribution < 1.29 is 20.4 Å². The number of rotatable bonds is 4. The molecule has 0 spiro atoms. The van der Waals surface area contributed by atoms with Gasteiger partial charge in [0.05, 0.1) is 12.1 Å². The Kier molecular flexibility index (Phi) is 3.98. The predicted octanol–water partition coefficient (Wildman–Crippen LogP) is 0.283. The first-order chi connectivity index (χ1) is 10.5. The Labute approximate surface area is 130 Å². The highest BCUT2D eigenvalue weighted by molar-refractivity contribution is 6.31. The number of fused-ring (bicyclic) bond motifs is 3. The molecule has 0 aliphatic heterocycles. The van der Waals surface area contributed by atoms with Crippen molar-refractivity contribution in [2.75, 3.05) is 6.61 Å². The zero-order valence-corrected chi connectivity index (χ0v) is 12.1. The quantitative estimate of drug-likeness (QED) is 0.549. The SMILES string of the molecule is OC[C@@H](O)[C@H](O)[C@@H](O)c1nnc2ccc3cc(Cl)ccc3n12. The van der Waals surface area contributed by atoms with E-state index in [9.17, 15) is 15.3 Å². The maximum atomic E-state index is 10.2. The van der Waals surface area contributed by atoms with Crippen LogP contribution in [0.3, 0.4) is 0 Å². The van der Waals surface area contributed by atoms with Gasteiger partial charge in [0.2, 0.25) is 0 Å². The molecule has 2 aromatic heterocycles. The third kappa shape index (κ3) is 2.43. The minimum atomic E-state index is -1.58. The summed E-state index contributed by atoms with van der Waals surface area (Å²) in [6, 6.07) is 8.72. The van der Waals surface area contributed by atoms with E-state index < -0.39 is 24.9 Å². The molecule has 7 nitrogen and oxygen atoms in total. The van der Waals surface area contributed by atoms with Gasteiger partial charge in [-0.15, -0.1) is 10.2 Å². The number of aromatic nitrogens is 3. The monoisotopic (exact) mass is 323 g/mol. The Balaban J connectivity index is 2.18. The van der Waals surface area contributed by atoms with E-state index in [0.29, 0.717) is 16.2 Å². The molecule has 3 aromatic rings. The molecule has 0 aliphatic carbocycles. The second kappa shape index (κ2) is 5.79. The van der Waals surface area contributed by atoms with Crippen LogP contribution in [-0.4, -0.2) is 53.8 Å². The molecule has 22 heavy (non-hydrogen) atoms. The van der Waals surface area contributed by atoms with Gasteiger partial charge in [0.25, 0.3) is 0 Å². The summed E-state index contributed by atoms with van der Waals surface area (Å²) in [5, 5.41) is 47.7. The zero-order valence-electron chi connectivity index (χ0n) is 11.3. The fraction of sp³-hybridized carbons (Fsp3) is 0.286. The van der Waals surface area contributed by atoms with Crippen molar-refractivity contribution in [3.63, 3.8) is 0 Å². The minimum absolute atomic E-state index is 0.0722. The van der Waals surface area contributed by atoms with Gasteiger partial charge in [0, 0.05) is 10.4 Å². The van der Waals surface area contributed by atoms with E-state index in [2.05, 4.69) is 10.2 Å². The van der Waals surface area contributed by atoms with E-state index in [1.54, 1.807) is 28.7 Å². The maximum Gasteiger partial charge on any atom is 0.169 e. The van der Waals surface area contributed by atoms with Crippen molar-refractivity contribution in [3.8, 4) is 0 Å². The molecular formula is C14H14ClN3O4. The fourth-order valence-electron chi connectivity index (χ4n) is 2.35. The molecule has 0 bridgehead atoms. The standard InChI is InChI=1S/C14H14ClN3O4/c15-8-2-3-9-7(5-8)1-4-11-16-17-14(18(9)11)13(22)12(21)10(20)6-19/h1-5,10,12-13,19-22H,6H2/t10-,12+,13-/m1/s1. The van der Waals surface area contributed by atoms with Crippen molar-refractivity contribution in [1.82, 2.24) is 14.6 Å². The van der Waals surface area contributed by atoms with Gasteiger partial charge in [-0.25, -0.2) is 0 Å². The van der Waals surface area contributed by atoms with Crippen molar-refractivity contribution in [2.24, 2.45) is 0 Å². The Morgan fingerprint density at radius 1 is 1.09 bits per heavy atom. The van der Waals surface area contributed by atoms with Gasteiger partial charge in [0.15, 0.2) is 11.5 Å². The number of benzene rings is 1. The Morgan fingerprint density at radius 2 is 1.86 bits per heavy atom. The van der Waals surface area contributed by atoms with Gasteiger partial charge in [0.1, 0.15) is 18.3 Å². The van der Waals surface area contributed by atoms with E-state index in [-0.39, 0.29) is 5.82 Å². The highest BCUT2D eigenvalue weighted by Crippen LogP contribution is 2.25. The summed E-state index contributed by atoms with van der Waals surface area (Å²) in [5.74, 6) is 0.0722. The van der Waals surface area contributed by atoms with Crippen LogP contribution in [0.2, 0.25) is 5.02 Å². The number of nitrogens with zero attached hydrogens (tertiary/aromatic N) is 3. The van der Waals surface area contributed by atoms with Crippen LogP contribution in [0.25, 0.3) is 16.6 Å². The Hall–Kier alpha value is -1.77. The first kappa shape index (κ1) is 15.1. The molecule has 116 valence electrons. The molecule has 4 N–H and O–H groups in total. The Bertz CT molecular complexity index is 822. The lowest BCUT2D eigenvalue weighted by Crippen LogP contribution is -2.35. The molecule has 8 heteroatoms. The van der Waals surface area contributed by atoms with Gasteiger partial charge < -0.3 is 20.4 Å². The third-order valence-corrected chi connectivity index (χ3v) is 3.76. The average molecular weight is 324 g/mol. The number of hydrogen-bond donors (Lipinski definition) is 4. The van der Waals surface area contributed by atoms with Gasteiger partial charge >= 0.3 is 0 Å². The van der Waals surface area contributed by atoms with Crippen molar-refractivity contribution in [3.05, 3.63) is 41.2 Å². The second-order valence-electron chi connectivity index (χ2n) is 4.97. The van der Waals surface area contributed by atoms with Crippen molar-refractivity contribution >= 4 is 28.2 Å². The first-order valence-corrected chi connectivity index (χ1v) is 6.99. The summed E-state index contributed by atoms with van der Waals surface area (Å²) in [7, 11) is 0. The molecule has 3 rings (SSSR count). The smallest absolute Gasteiger partial charge is 0.169 e. The molecule has 0 aliphatic rings. The van der Waals surface area contributed by atoms with E-state index in [1.165, 1.54) is 0 Å². The van der Waals surface area contributed by atoms with Crippen LogP contribution in [0, 0.1) is 0 Å². The summed E-state index contributed by atoms with van der Waals surface area (Å²) in [6.07, 6.45) is -4.56. The molecule has 3 atom stereocenters. The zero-order chi connectivity index (χ0) is 15.9. The molecule has 0 amide bonds. The van der Waals surface area contributed by atoms with E-state index in [1.807, 2.05) is 6.07 Å². The van der Waals surface area contributed by atoms with E-state index in [4.69, 9.17) is 16.7 Å². The van der Waals surface area contributed by atoms with Gasteiger partial charge in [-0.2, -0.15) is 0 Å². The van der Waals surface area contributed by atoms with Crippen LogP contribution in [0.1, 0.15) is 11.9 Å². The first-order valence-electron chi connectivity index (χ1n) is 6.61. The number of hydrogen-bond acceptors (Lipinski definition) is 6. The number of halogens is 1. The van der Waals surface area contributed by atoms with Gasteiger partial charge in [-0.3, -0.25) is 4.40 Å². The predicted molar refractivity (Wildman–Crippen MR) is 79.6 cm³/mol. The van der Waals surface area contributed by atoms with E-state index >= 15 is 0 Å². The van der Waals surface area contributed by atoms with Gasteiger partial charge in [-0.1, -0.05) is 11.6 Å². The lowest BCUT2D eigenvalue weighted by atomic mass is 10.1. The van der Waals surface area contributed by atoms with Crippen LogP contribution >= 0.6 is 11.6 Å². The van der Waals surface area contributed by atoms with Gasteiger partial charge in [-0.05, 0) is 30.3 Å². The highest BCUT2D eigenvalue weighted by atomic mass is 35.5. The molecule has 0 unspecified atom stereocenters. The topological polar surface area (TPSA) is 111 Å². The highest BCUT2D eigenvalue weighted by Gasteiger charge is 2.29. The molecule has 0 saturated carbocycles. The fourth-order valence-corrected chi connectivity index (χ4v) is 2.53. The Morgan fingerprint density at radius 3 is 2.59 bits per heavy atom. The average Bonchev–Trinajstić information content (AvgIpc) is 2.96. The molecule has 1 aromatic carbocycles. The molecule has 0 radical (unpaired) electrons. The van der Waals surface area contributed by atoms with Crippen LogP contribution < -0.4 is 0 Å². The summed E-state index contributed by atoms with van der Waals surface area (Å²) in [5.41, 5.74) is 1.18. The summed E-state index contributed by atoms with van der Waals surface area (Å²) >= 11 is 5.97. The summed E-state index contributed by atoms with van der Waals surface area (Å²) < 4.78 is 1.57. The van der Waals surface area contributed by atoms with Crippen molar-refractivity contribution in [1.29, 1.82) is 0 Å². The number of aliphatic hydroxyl groups excluding tert-OH is 4. The maximum absolute atomic E-state index is 10.2. The third-order valence-electron chi connectivity index (χ3n) is 3.52. The van der Waals surface area contributed by atoms with Crippen LogP contribution in [0.4, 0.5) is 0 Å². The van der Waals surface area contributed by atoms with Crippen LogP contribution in [-0.2, 0) is 0 Å². The largest absolute Gasteiger partial charge is 0.394 e.